The van der Waals surface area contributed by atoms with Crippen LogP contribution in [0, 0.1) is 11.6 Å². The van der Waals surface area contributed by atoms with Crippen LogP contribution in [0.25, 0.3) is 0 Å². The van der Waals surface area contributed by atoms with E-state index >= 15 is 0 Å². The van der Waals surface area contributed by atoms with Crippen LogP contribution < -0.4 is 10.6 Å². The molecule has 0 fully saturated rings. The topological polar surface area (TPSA) is 67.4 Å². The van der Waals surface area contributed by atoms with Gasteiger partial charge < -0.3 is 15.4 Å². The summed E-state index contributed by atoms with van der Waals surface area (Å²) in [6, 6.07) is 10.3. The molecule has 5 nitrogen and oxygen atoms in total. The van der Waals surface area contributed by atoms with Gasteiger partial charge in [-0.3, -0.25) is 9.59 Å². The van der Waals surface area contributed by atoms with Crippen molar-refractivity contribution in [3.8, 4) is 0 Å². The van der Waals surface area contributed by atoms with Crippen molar-refractivity contribution < 1.29 is 23.1 Å². The van der Waals surface area contributed by atoms with E-state index in [1.54, 1.807) is 7.11 Å². The van der Waals surface area contributed by atoms with Gasteiger partial charge in [0.15, 0.2) is 0 Å². The average Bonchev–Trinajstić information content (AvgIpc) is 2.61. The molecule has 0 atom stereocenters. The van der Waals surface area contributed by atoms with E-state index in [2.05, 4.69) is 10.6 Å². The number of carbonyl (C=O) groups excluding carboxylic acids is 2. The zero-order valence-corrected chi connectivity index (χ0v) is 14.4. The fourth-order valence-electron chi connectivity index (χ4n) is 2.37. The summed E-state index contributed by atoms with van der Waals surface area (Å²) < 4.78 is 31.5. The van der Waals surface area contributed by atoms with Crippen molar-refractivity contribution in [1.82, 2.24) is 10.6 Å². The van der Waals surface area contributed by atoms with Gasteiger partial charge in [0.2, 0.25) is 5.91 Å². The molecule has 2 aromatic carbocycles. The molecular weight excluding hydrogens is 342 g/mol. The minimum atomic E-state index is -0.943. The molecule has 0 saturated heterocycles. The van der Waals surface area contributed by atoms with Gasteiger partial charge in [-0.05, 0) is 23.3 Å². The Hall–Kier alpha value is -2.80. The summed E-state index contributed by atoms with van der Waals surface area (Å²) in [7, 11) is 1.60. The molecule has 2 amide bonds. The van der Waals surface area contributed by atoms with Gasteiger partial charge in [-0.2, -0.15) is 0 Å². The van der Waals surface area contributed by atoms with E-state index in [0.717, 1.165) is 23.3 Å². The highest BCUT2D eigenvalue weighted by Crippen LogP contribution is 2.10. The number of halogens is 2. The van der Waals surface area contributed by atoms with Gasteiger partial charge in [0.1, 0.15) is 11.6 Å². The molecule has 0 aliphatic carbocycles. The Morgan fingerprint density at radius 3 is 2.46 bits per heavy atom. The van der Waals surface area contributed by atoms with Crippen LogP contribution in [0.15, 0.2) is 42.5 Å². The third-order valence-electron chi connectivity index (χ3n) is 3.71. The van der Waals surface area contributed by atoms with Crippen molar-refractivity contribution in [3.63, 3.8) is 0 Å². The van der Waals surface area contributed by atoms with Crippen LogP contribution in [-0.4, -0.2) is 25.5 Å². The van der Waals surface area contributed by atoms with Crippen LogP contribution in [0.5, 0.6) is 0 Å². The van der Waals surface area contributed by atoms with Crippen LogP contribution >= 0.6 is 0 Å². The quantitative estimate of drug-likeness (QED) is 0.758. The second-order valence-corrected chi connectivity index (χ2v) is 5.61. The Kier molecular flexibility index (Phi) is 7.23. The molecular formula is C19H20F2N2O3. The molecule has 0 unspecified atom stereocenters. The number of benzene rings is 2. The van der Waals surface area contributed by atoms with Crippen molar-refractivity contribution in [2.75, 3.05) is 13.7 Å². The lowest BCUT2D eigenvalue weighted by atomic mass is 10.1. The van der Waals surface area contributed by atoms with Crippen molar-refractivity contribution in [2.24, 2.45) is 0 Å². The Labute approximate surface area is 150 Å². The maximum atomic E-state index is 13.5. The summed E-state index contributed by atoms with van der Waals surface area (Å²) in [6.45, 7) is 0.839. The number of amides is 2. The first-order valence-corrected chi connectivity index (χ1v) is 8.07. The summed E-state index contributed by atoms with van der Waals surface area (Å²) in [5.74, 6) is -2.65. The average molecular weight is 362 g/mol. The maximum absolute atomic E-state index is 13.5. The molecule has 0 saturated carbocycles. The predicted molar refractivity (Wildman–Crippen MR) is 92.3 cm³/mol. The Morgan fingerprint density at radius 2 is 1.77 bits per heavy atom. The van der Waals surface area contributed by atoms with Crippen LogP contribution in [0.4, 0.5) is 8.78 Å². The van der Waals surface area contributed by atoms with E-state index in [-0.39, 0.29) is 24.4 Å². The summed E-state index contributed by atoms with van der Waals surface area (Å²) in [5.41, 5.74) is 1.66. The van der Waals surface area contributed by atoms with Crippen LogP contribution in [0.2, 0.25) is 0 Å². The van der Waals surface area contributed by atoms with Gasteiger partial charge in [0.05, 0.1) is 12.2 Å². The second kappa shape index (κ2) is 9.62. The highest BCUT2D eigenvalue weighted by atomic mass is 19.1. The number of hydrogen-bond donors (Lipinski definition) is 2. The van der Waals surface area contributed by atoms with Gasteiger partial charge >= 0.3 is 0 Å². The summed E-state index contributed by atoms with van der Waals surface area (Å²) in [6.07, 6.45) is 0.0427. The second-order valence-electron chi connectivity index (χ2n) is 5.61. The summed E-state index contributed by atoms with van der Waals surface area (Å²) in [5, 5.41) is 5.20. The molecule has 0 aromatic heterocycles. The number of nitrogens with one attached hydrogen (secondary N) is 2. The van der Waals surface area contributed by atoms with E-state index in [0.29, 0.717) is 19.2 Å². The van der Waals surface area contributed by atoms with Crippen molar-refractivity contribution in [3.05, 3.63) is 70.8 Å². The molecule has 138 valence electrons. The van der Waals surface area contributed by atoms with Gasteiger partial charge in [-0.15, -0.1) is 0 Å². The first-order valence-electron chi connectivity index (χ1n) is 8.07. The van der Waals surface area contributed by atoms with Gasteiger partial charge in [0.25, 0.3) is 5.91 Å². The number of rotatable bonds is 8. The van der Waals surface area contributed by atoms with Crippen molar-refractivity contribution in [1.29, 1.82) is 0 Å². The van der Waals surface area contributed by atoms with Gasteiger partial charge in [-0.25, -0.2) is 8.78 Å². The van der Waals surface area contributed by atoms with E-state index in [1.165, 1.54) is 0 Å². The van der Waals surface area contributed by atoms with E-state index in [1.807, 2.05) is 24.3 Å². The van der Waals surface area contributed by atoms with E-state index in [4.69, 9.17) is 4.74 Å². The van der Waals surface area contributed by atoms with Crippen LogP contribution in [-0.2, 0) is 22.7 Å². The third kappa shape index (κ3) is 5.63. The number of carbonyl (C=O) groups is 2. The highest BCUT2D eigenvalue weighted by Gasteiger charge is 2.12. The molecule has 0 spiro atoms. The van der Waals surface area contributed by atoms with Crippen LogP contribution in [0.3, 0.4) is 0 Å². The summed E-state index contributed by atoms with van der Waals surface area (Å²) >= 11 is 0. The number of methoxy groups -OCH3 is 1. The zero-order chi connectivity index (χ0) is 18.9. The number of hydrogen-bond acceptors (Lipinski definition) is 3. The molecule has 0 bridgehead atoms. The smallest absolute Gasteiger partial charge is 0.254 e. The highest BCUT2D eigenvalue weighted by molar-refractivity contribution is 5.94. The van der Waals surface area contributed by atoms with Gasteiger partial charge in [-0.1, -0.05) is 24.3 Å². The van der Waals surface area contributed by atoms with Crippen molar-refractivity contribution in [2.45, 2.75) is 19.6 Å². The monoisotopic (exact) mass is 362 g/mol. The van der Waals surface area contributed by atoms with E-state index in [9.17, 15) is 18.4 Å². The lowest BCUT2D eigenvalue weighted by Crippen LogP contribution is -2.31. The molecule has 0 heterocycles. The fraction of sp³-hybridized carbons (Fsp3) is 0.263. The molecule has 2 N–H and O–H groups in total. The Morgan fingerprint density at radius 1 is 1.04 bits per heavy atom. The lowest BCUT2D eigenvalue weighted by molar-refractivity contribution is -0.121. The third-order valence-corrected chi connectivity index (χ3v) is 3.71. The molecule has 2 rings (SSSR count). The first kappa shape index (κ1) is 19.5. The minimum absolute atomic E-state index is 0.0427. The SMILES string of the molecule is COCc1ccccc1CNC(=O)CCNC(=O)c1ccc(F)cc1F. The fourth-order valence-corrected chi connectivity index (χ4v) is 2.37. The standard InChI is InChI=1S/C19H20F2N2O3/c1-26-12-14-5-3-2-4-13(14)11-23-18(24)8-9-22-19(25)16-7-6-15(20)10-17(16)21/h2-7,10H,8-9,11-12H2,1H3,(H,22,25)(H,23,24). The van der Waals surface area contributed by atoms with E-state index < -0.39 is 17.5 Å². The molecule has 0 radical (unpaired) electrons. The summed E-state index contributed by atoms with van der Waals surface area (Å²) in [4.78, 5) is 23.7. The zero-order valence-electron chi connectivity index (χ0n) is 14.4. The predicted octanol–water partition coefficient (Wildman–Crippen LogP) is 2.55. The maximum Gasteiger partial charge on any atom is 0.254 e. The lowest BCUT2D eigenvalue weighted by Gasteiger charge is -2.10. The Bertz CT molecular complexity index is 781. The Balaban J connectivity index is 1.78. The molecule has 0 aliphatic heterocycles. The van der Waals surface area contributed by atoms with Crippen LogP contribution in [0.1, 0.15) is 27.9 Å². The first-order chi connectivity index (χ1) is 12.5. The molecule has 7 heteroatoms. The van der Waals surface area contributed by atoms with Crippen molar-refractivity contribution >= 4 is 11.8 Å². The largest absolute Gasteiger partial charge is 0.380 e. The molecule has 26 heavy (non-hydrogen) atoms. The molecule has 2 aromatic rings. The van der Waals surface area contributed by atoms with Gasteiger partial charge in [0, 0.05) is 32.7 Å². The number of ether oxygens (including phenoxy) is 1. The molecule has 0 aliphatic rings. The normalized spacial score (nSPS) is 10.4. The minimum Gasteiger partial charge on any atom is -0.380 e.